The number of hydrogen-bond acceptors (Lipinski definition) is 4. The second kappa shape index (κ2) is 3.43. The molecule has 1 aliphatic heterocycles. The van der Waals surface area contributed by atoms with Gasteiger partial charge in [-0.1, -0.05) is 0 Å². The Morgan fingerprint density at radius 2 is 2.62 bits per heavy atom. The van der Waals surface area contributed by atoms with Crippen molar-refractivity contribution >= 4 is 17.7 Å². The molecule has 1 aliphatic rings. The first-order valence-electron chi connectivity index (χ1n) is 3.90. The molecule has 13 heavy (non-hydrogen) atoms. The van der Waals surface area contributed by atoms with Gasteiger partial charge in [0.1, 0.15) is 0 Å². The van der Waals surface area contributed by atoms with Gasteiger partial charge in [-0.15, -0.1) is 11.8 Å². The van der Waals surface area contributed by atoms with E-state index in [0.717, 1.165) is 11.3 Å². The number of carboxylic acid groups (broad SMARTS) is 1. The van der Waals surface area contributed by atoms with Gasteiger partial charge in [0, 0.05) is 17.4 Å². The molecule has 0 amide bonds. The van der Waals surface area contributed by atoms with Crippen molar-refractivity contribution in [1.29, 1.82) is 0 Å². The summed E-state index contributed by atoms with van der Waals surface area (Å²) in [5.41, 5.74) is 1.01. The lowest BCUT2D eigenvalue weighted by Gasteiger charge is -2.07. The summed E-state index contributed by atoms with van der Waals surface area (Å²) in [4.78, 5) is 10.6. The van der Waals surface area contributed by atoms with Gasteiger partial charge < -0.3 is 9.52 Å². The van der Waals surface area contributed by atoms with E-state index >= 15 is 0 Å². The first kappa shape index (κ1) is 8.65. The number of carboxylic acids is 1. The van der Waals surface area contributed by atoms with E-state index in [1.54, 1.807) is 12.5 Å². The number of hydrogen-bond donors (Lipinski definition) is 2. The zero-order chi connectivity index (χ0) is 9.26. The Morgan fingerprint density at radius 1 is 1.77 bits per heavy atom. The van der Waals surface area contributed by atoms with Crippen LogP contribution in [0.4, 0.5) is 0 Å². The van der Waals surface area contributed by atoms with Crippen molar-refractivity contribution in [3.63, 3.8) is 0 Å². The largest absolute Gasteiger partial charge is 0.479 e. The molecule has 0 bridgehead atoms. The van der Waals surface area contributed by atoms with Gasteiger partial charge in [-0.05, 0) is 6.07 Å². The highest BCUT2D eigenvalue weighted by Crippen LogP contribution is 2.29. The third-order valence-corrected chi connectivity index (χ3v) is 3.15. The van der Waals surface area contributed by atoms with E-state index in [9.17, 15) is 4.79 Å². The van der Waals surface area contributed by atoms with E-state index in [4.69, 9.17) is 9.52 Å². The molecule has 70 valence electrons. The fourth-order valence-electron chi connectivity index (χ4n) is 1.28. The highest BCUT2D eigenvalue weighted by Gasteiger charge is 2.30. The Bertz CT molecular complexity index is 298. The lowest BCUT2D eigenvalue weighted by Crippen LogP contribution is -2.30. The molecule has 2 heterocycles. The topological polar surface area (TPSA) is 62.5 Å². The molecule has 1 aromatic heterocycles. The summed E-state index contributed by atoms with van der Waals surface area (Å²) in [5, 5.41) is 11.2. The molecule has 2 N–H and O–H groups in total. The fraction of sp³-hybridized carbons (Fsp3) is 0.375. The molecule has 0 unspecified atom stereocenters. The third-order valence-electron chi connectivity index (χ3n) is 1.95. The highest BCUT2D eigenvalue weighted by atomic mass is 32.2. The molecule has 2 atom stereocenters. The van der Waals surface area contributed by atoms with E-state index in [-0.39, 0.29) is 6.04 Å². The van der Waals surface area contributed by atoms with Crippen LogP contribution in [0.2, 0.25) is 0 Å². The monoisotopic (exact) mass is 199 g/mol. The first-order chi connectivity index (χ1) is 6.27. The average Bonchev–Trinajstić information content (AvgIpc) is 2.75. The van der Waals surface area contributed by atoms with Crippen LogP contribution in [0, 0.1) is 0 Å². The maximum Gasteiger partial charge on any atom is 0.331 e. The molecule has 0 spiro atoms. The molecule has 0 aromatic carbocycles. The molecule has 0 saturated carbocycles. The molecule has 2 rings (SSSR count). The van der Waals surface area contributed by atoms with Crippen LogP contribution in [0.15, 0.2) is 23.0 Å². The van der Waals surface area contributed by atoms with Crippen molar-refractivity contribution in [3.05, 3.63) is 24.2 Å². The molecule has 0 aliphatic carbocycles. The maximum atomic E-state index is 10.6. The number of aliphatic carboxylic acids is 1. The molecule has 1 aromatic rings. The van der Waals surface area contributed by atoms with E-state index in [2.05, 4.69) is 5.32 Å². The van der Waals surface area contributed by atoms with E-state index in [0.29, 0.717) is 0 Å². The Morgan fingerprint density at radius 3 is 3.15 bits per heavy atom. The van der Waals surface area contributed by atoms with Gasteiger partial charge in [0.05, 0.1) is 12.5 Å². The van der Waals surface area contributed by atoms with E-state index < -0.39 is 11.3 Å². The van der Waals surface area contributed by atoms with Crippen molar-refractivity contribution in [3.8, 4) is 0 Å². The number of carbonyl (C=O) groups is 1. The summed E-state index contributed by atoms with van der Waals surface area (Å²) in [6.45, 7) is 0. The van der Waals surface area contributed by atoms with Gasteiger partial charge in [-0.25, -0.2) is 4.79 Å². The number of nitrogens with one attached hydrogen (secondary N) is 1. The Kier molecular flexibility index (Phi) is 2.28. The summed E-state index contributed by atoms with van der Waals surface area (Å²) in [7, 11) is 0. The van der Waals surface area contributed by atoms with Gasteiger partial charge in [0.25, 0.3) is 0 Å². The van der Waals surface area contributed by atoms with Crippen LogP contribution in [0.25, 0.3) is 0 Å². The van der Waals surface area contributed by atoms with Crippen LogP contribution in [-0.4, -0.2) is 22.2 Å². The quantitative estimate of drug-likeness (QED) is 0.746. The van der Waals surface area contributed by atoms with Gasteiger partial charge >= 0.3 is 5.97 Å². The second-order valence-electron chi connectivity index (χ2n) is 2.83. The molecular weight excluding hydrogens is 190 g/mol. The minimum atomic E-state index is -0.809. The van der Waals surface area contributed by atoms with Crippen molar-refractivity contribution in [2.45, 2.75) is 11.4 Å². The summed E-state index contributed by atoms with van der Waals surface area (Å²) in [6, 6.07) is 1.95. The van der Waals surface area contributed by atoms with Crippen molar-refractivity contribution in [1.82, 2.24) is 5.32 Å². The Balaban J connectivity index is 2.03. The SMILES string of the molecule is O=C(O)[C@@H]1N[C@H](c2ccoc2)CS1. The Hall–Kier alpha value is -0.940. The average molecular weight is 199 g/mol. The molecular formula is C8H9NO3S. The van der Waals surface area contributed by atoms with Crippen molar-refractivity contribution in [2.24, 2.45) is 0 Å². The summed E-state index contributed by atoms with van der Waals surface area (Å²) >= 11 is 1.40. The summed E-state index contributed by atoms with van der Waals surface area (Å²) in [5.74, 6) is -0.0350. The van der Waals surface area contributed by atoms with Crippen molar-refractivity contribution < 1.29 is 14.3 Å². The van der Waals surface area contributed by atoms with E-state index in [1.165, 1.54) is 11.8 Å². The number of thioether (sulfide) groups is 1. The Labute approximate surface area is 79.3 Å². The molecule has 1 fully saturated rings. The predicted molar refractivity (Wildman–Crippen MR) is 48.5 cm³/mol. The summed E-state index contributed by atoms with van der Waals surface area (Å²) in [6.07, 6.45) is 3.23. The van der Waals surface area contributed by atoms with E-state index in [1.807, 2.05) is 6.07 Å². The normalized spacial score (nSPS) is 27.7. The van der Waals surface area contributed by atoms with Crippen molar-refractivity contribution in [2.75, 3.05) is 5.75 Å². The molecule has 1 saturated heterocycles. The van der Waals surface area contributed by atoms with Crippen LogP contribution < -0.4 is 5.32 Å². The minimum absolute atomic E-state index is 0.102. The third kappa shape index (κ3) is 1.71. The van der Waals surface area contributed by atoms with Gasteiger partial charge in [0.2, 0.25) is 0 Å². The minimum Gasteiger partial charge on any atom is -0.479 e. The van der Waals surface area contributed by atoms with Crippen LogP contribution in [0.1, 0.15) is 11.6 Å². The lowest BCUT2D eigenvalue weighted by atomic mass is 10.2. The zero-order valence-electron chi connectivity index (χ0n) is 6.77. The number of rotatable bonds is 2. The van der Waals surface area contributed by atoms with Crippen LogP contribution in [0.5, 0.6) is 0 Å². The number of furan rings is 1. The van der Waals surface area contributed by atoms with Crippen LogP contribution >= 0.6 is 11.8 Å². The lowest BCUT2D eigenvalue weighted by molar-refractivity contribution is -0.137. The molecule has 0 radical (unpaired) electrons. The fourth-order valence-corrected chi connectivity index (χ4v) is 2.36. The molecule has 4 nitrogen and oxygen atoms in total. The summed E-state index contributed by atoms with van der Waals surface area (Å²) < 4.78 is 4.93. The predicted octanol–water partition coefficient (Wildman–Crippen LogP) is 1.07. The maximum absolute atomic E-state index is 10.6. The molecule has 5 heteroatoms. The van der Waals surface area contributed by atoms with Gasteiger partial charge in [0.15, 0.2) is 5.37 Å². The highest BCUT2D eigenvalue weighted by molar-refractivity contribution is 8.00. The standard InChI is InChI=1S/C8H9NO3S/c10-8(11)7-9-6(4-13-7)5-1-2-12-3-5/h1-3,6-7,9H,4H2,(H,10,11)/t6-,7+/m0/s1. The van der Waals surface area contributed by atoms with Crippen LogP contribution in [-0.2, 0) is 4.79 Å². The second-order valence-corrected chi connectivity index (χ2v) is 3.97. The van der Waals surface area contributed by atoms with Gasteiger partial charge in [-0.3, -0.25) is 5.32 Å². The smallest absolute Gasteiger partial charge is 0.331 e. The first-order valence-corrected chi connectivity index (χ1v) is 4.95. The van der Waals surface area contributed by atoms with Crippen LogP contribution in [0.3, 0.4) is 0 Å². The zero-order valence-corrected chi connectivity index (χ0v) is 7.58. The van der Waals surface area contributed by atoms with Gasteiger partial charge in [-0.2, -0.15) is 0 Å².